The Kier molecular flexibility index (Phi) is 5.04. The zero-order valence-electron chi connectivity index (χ0n) is 14.5. The van der Waals surface area contributed by atoms with Gasteiger partial charge in [0.1, 0.15) is 0 Å². The summed E-state index contributed by atoms with van der Waals surface area (Å²) in [7, 11) is 0. The van der Waals surface area contributed by atoms with Crippen LogP contribution in [-0.2, 0) is 9.32 Å². The highest BCUT2D eigenvalue weighted by Gasteiger charge is 2.17. The number of primary amides is 1. The van der Waals surface area contributed by atoms with Crippen LogP contribution in [-0.4, -0.2) is 20.7 Å². The first-order valence-corrected chi connectivity index (χ1v) is 8.95. The third kappa shape index (κ3) is 3.47. The Morgan fingerprint density at radius 2 is 1.89 bits per heavy atom. The lowest BCUT2D eigenvalue weighted by Crippen LogP contribution is -2.12. The third-order valence-electron chi connectivity index (χ3n) is 4.16. The van der Waals surface area contributed by atoms with Gasteiger partial charge in [0.2, 0.25) is 0 Å². The number of hydrogen-bond acceptors (Lipinski definition) is 7. The molecule has 0 fully saturated rings. The molecular formula is C19H15N5O3S. The Morgan fingerprint density at radius 1 is 1.07 bits per heavy atom. The standard InChI is InChI=1S/C19H15N5O3S/c20-19(25)18-16-8-3-12(13-2-1-9-22-11-13)10-17(16)24(23-18)14-4-6-15(7-5-14)28-27-26-21/h1-11H,21H2,(H2,20,25). The molecule has 2 heterocycles. The quantitative estimate of drug-likeness (QED) is 0.294. The minimum Gasteiger partial charge on any atom is -0.364 e. The first kappa shape index (κ1) is 18.1. The molecule has 0 bridgehead atoms. The van der Waals surface area contributed by atoms with Gasteiger partial charge in [-0.1, -0.05) is 12.1 Å². The van der Waals surface area contributed by atoms with Crippen molar-refractivity contribution in [1.29, 1.82) is 0 Å². The molecule has 4 rings (SSSR count). The maximum atomic E-state index is 11.9. The van der Waals surface area contributed by atoms with Crippen molar-refractivity contribution in [3.8, 4) is 16.8 Å². The lowest BCUT2D eigenvalue weighted by atomic mass is 10.1. The Hall–Kier alpha value is -3.24. The number of hydrogen-bond donors (Lipinski definition) is 2. The van der Waals surface area contributed by atoms with Gasteiger partial charge in [-0.2, -0.15) is 11.0 Å². The van der Waals surface area contributed by atoms with Crippen LogP contribution in [0.5, 0.6) is 0 Å². The SMILES string of the molecule is NOOSc1ccc(-n2nc(C(N)=O)c3ccc(-c4cccnc4)cc32)cc1. The molecular weight excluding hydrogens is 378 g/mol. The van der Waals surface area contributed by atoms with Crippen LogP contribution in [0, 0.1) is 0 Å². The number of nitrogens with two attached hydrogens (primary N) is 2. The number of benzene rings is 2. The summed E-state index contributed by atoms with van der Waals surface area (Å²) in [6.45, 7) is 0. The number of carbonyl (C=O) groups is 1. The molecule has 0 spiro atoms. The summed E-state index contributed by atoms with van der Waals surface area (Å²) < 4.78 is 6.33. The molecule has 0 aliphatic rings. The number of nitrogens with zero attached hydrogens (tertiary/aromatic N) is 3. The Bertz CT molecular complexity index is 1130. The Labute approximate surface area is 164 Å². The highest BCUT2D eigenvalue weighted by molar-refractivity contribution is 7.94. The largest absolute Gasteiger partial charge is 0.364 e. The summed E-state index contributed by atoms with van der Waals surface area (Å²) in [6.07, 6.45) is 3.50. The van der Waals surface area contributed by atoms with Crippen molar-refractivity contribution in [3.63, 3.8) is 0 Å². The number of carbonyl (C=O) groups excluding carboxylic acids is 1. The van der Waals surface area contributed by atoms with Crippen LogP contribution < -0.4 is 11.6 Å². The van der Waals surface area contributed by atoms with E-state index in [1.807, 2.05) is 54.6 Å². The fourth-order valence-corrected chi connectivity index (χ4v) is 3.27. The van der Waals surface area contributed by atoms with Crippen LogP contribution in [0.1, 0.15) is 10.5 Å². The highest BCUT2D eigenvalue weighted by Crippen LogP contribution is 2.29. The van der Waals surface area contributed by atoms with Crippen LogP contribution in [0.2, 0.25) is 0 Å². The minimum atomic E-state index is -0.585. The van der Waals surface area contributed by atoms with Gasteiger partial charge < -0.3 is 5.73 Å². The van der Waals surface area contributed by atoms with E-state index in [9.17, 15) is 4.79 Å². The lowest BCUT2D eigenvalue weighted by Gasteiger charge is -2.06. The van der Waals surface area contributed by atoms with E-state index < -0.39 is 5.91 Å². The highest BCUT2D eigenvalue weighted by atomic mass is 32.2. The van der Waals surface area contributed by atoms with E-state index in [1.165, 1.54) is 0 Å². The van der Waals surface area contributed by atoms with Crippen LogP contribution in [0.4, 0.5) is 0 Å². The average Bonchev–Trinajstić information content (AvgIpc) is 3.12. The van der Waals surface area contributed by atoms with Crippen molar-refractivity contribution in [2.75, 3.05) is 0 Å². The van der Waals surface area contributed by atoms with Gasteiger partial charge in [0.25, 0.3) is 5.91 Å². The topological polar surface area (TPSA) is 118 Å². The maximum absolute atomic E-state index is 11.9. The molecule has 1 amide bonds. The molecule has 4 N–H and O–H groups in total. The fourth-order valence-electron chi connectivity index (χ4n) is 2.91. The van der Waals surface area contributed by atoms with Crippen LogP contribution >= 0.6 is 12.0 Å². The Morgan fingerprint density at radius 3 is 2.57 bits per heavy atom. The van der Waals surface area contributed by atoms with Gasteiger partial charge in [0.05, 0.1) is 23.2 Å². The summed E-state index contributed by atoms with van der Waals surface area (Å²) in [6, 6.07) is 16.9. The molecule has 0 unspecified atom stereocenters. The van der Waals surface area contributed by atoms with E-state index in [0.29, 0.717) is 5.39 Å². The molecule has 0 saturated heterocycles. The second kappa shape index (κ2) is 7.79. The van der Waals surface area contributed by atoms with Crippen LogP contribution in [0.3, 0.4) is 0 Å². The van der Waals surface area contributed by atoms with Crippen molar-refractivity contribution in [2.24, 2.45) is 11.6 Å². The number of fused-ring (bicyclic) bond motifs is 1. The Balaban J connectivity index is 1.83. The van der Waals surface area contributed by atoms with E-state index in [1.54, 1.807) is 17.1 Å². The number of aromatic nitrogens is 3. The molecule has 0 radical (unpaired) electrons. The van der Waals surface area contributed by atoms with Gasteiger partial charge in [-0.25, -0.2) is 4.68 Å². The number of amides is 1. The molecule has 2 aromatic heterocycles. The zero-order chi connectivity index (χ0) is 19.5. The second-order valence-corrected chi connectivity index (χ2v) is 6.61. The van der Waals surface area contributed by atoms with Crippen LogP contribution in [0.15, 0.2) is 71.9 Å². The summed E-state index contributed by atoms with van der Waals surface area (Å²) in [4.78, 5) is 20.9. The third-order valence-corrected chi connectivity index (χ3v) is 4.77. The van der Waals surface area contributed by atoms with Gasteiger partial charge in [-0.05, 0) is 48.0 Å². The first-order valence-electron chi connectivity index (χ1n) is 8.21. The molecule has 2 aromatic carbocycles. The molecule has 140 valence electrons. The molecule has 9 heteroatoms. The maximum Gasteiger partial charge on any atom is 0.269 e. The minimum absolute atomic E-state index is 0.214. The fraction of sp³-hybridized carbons (Fsp3) is 0. The van der Waals surface area contributed by atoms with Crippen molar-refractivity contribution in [1.82, 2.24) is 14.8 Å². The monoisotopic (exact) mass is 393 g/mol. The van der Waals surface area contributed by atoms with Gasteiger partial charge in [-0.3, -0.25) is 9.78 Å². The van der Waals surface area contributed by atoms with Gasteiger partial charge >= 0.3 is 0 Å². The molecule has 28 heavy (non-hydrogen) atoms. The lowest BCUT2D eigenvalue weighted by molar-refractivity contribution is -0.195. The summed E-state index contributed by atoms with van der Waals surface area (Å²) in [5.74, 6) is 4.26. The van der Waals surface area contributed by atoms with E-state index >= 15 is 0 Å². The van der Waals surface area contributed by atoms with Gasteiger partial charge in [0.15, 0.2) is 5.69 Å². The molecule has 0 aliphatic carbocycles. The van der Waals surface area contributed by atoms with Gasteiger partial charge in [0, 0.05) is 28.2 Å². The van der Waals surface area contributed by atoms with Crippen molar-refractivity contribution in [3.05, 3.63) is 72.7 Å². The second-order valence-electron chi connectivity index (χ2n) is 5.84. The molecule has 4 aromatic rings. The first-order chi connectivity index (χ1) is 13.7. The molecule has 0 aliphatic heterocycles. The summed E-state index contributed by atoms with van der Waals surface area (Å²) in [5.41, 5.74) is 9.19. The number of pyridine rings is 1. The molecule has 0 saturated carbocycles. The van der Waals surface area contributed by atoms with Crippen molar-refractivity contribution >= 4 is 28.9 Å². The van der Waals surface area contributed by atoms with E-state index in [4.69, 9.17) is 11.6 Å². The van der Waals surface area contributed by atoms with E-state index in [0.717, 1.165) is 39.3 Å². The summed E-state index contributed by atoms with van der Waals surface area (Å²) in [5, 5.41) is 5.11. The van der Waals surface area contributed by atoms with E-state index in [-0.39, 0.29) is 5.69 Å². The number of rotatable bonds is 6. The van der Waals surface area contributed by atoms with Crippen molar-refractivity contribution in [2.45, 2.75) is 4.90 Å². The van der Waals surface area contributed by atoms with Gasteiger partial charge in [-0.15, -0.1) is 9.32 Å². The normalized spacial score (nSPS) is 11.0. The van der Waals surface area contributed by atoms with Crippen molar-refractivity contribution < 1.29 is 14.1 Å². The molecule has 0 atom stereocenters. The van der Waals surface area contributed by atoms with Crippen LogP contribution in [0.25, 0.3) is 27.7 Å². The average molecular weight is 393 g/mol. The van der Waals surface area contributed by atoms with E-state index in [2.05, 4.69) is 19.4 Å². The predicted molar refractivity (Wildman–Crippen MR) is 105 cm³/mol. The zero-order valence-corrected chi connectivity index (χ0v) is 15.3. The molecule has 8 nitrogen and oxygen atoms in total. The predicted octanol–water partition coefficient (Wildman–Crippen LogP) is 3.02. The smallest absolute Gasteiger partial charge is 0.269 e. The summed E-state index contributed by atoms with van der Waals surface area (Å²) >= 11 is 0.980.